The number of hydrogen-bond acceptors (Lipinski definition) is 3. The average molecular weight is 335 g/mol. The number of benzene rings is 1. The quantitative estimate of drug-likeness (QED) is 0.896. The lowest BCUT2D eigenvalue weighted by Gasteiger charge is -2.21. The van der Waals surface area contributed by atoms with Crippen LogP contribution in [0.1, 0.15) is 48.9 Å². The van der Waals surface area contributed by atoms with Crippen molar-refractivity contribution in [2.75, 3.05) is 0 Å². The minimum Gasteiger partial charge on any atom is -0.206 e. The van der Waals surface area contributed by atoms with E-state index in [4.69, 9.17) is 0 Å². The summed E-state index contributed by atoms with van der Waals surface area (Å²) in [6.07, 6.45) is 5.48. The highest BCUT2D eigenvalue weighted by Crippen LogP contribution is 2.27. The van der Waals surface area contributed by atoms with Gasteiger partial charge in [0.1, 0.15) is 4.21 Å². The first kappa shape index (κ1) is 15.7. The summed E-state index contributed by atoms with van der Waals surface area (Å²) < 4.78 is 28.1. The molecule has 0 radical (unpaired) electrons. The molecule has 3 rings (SSSR count). The molecule has 0 saturated carbocycles. The molecule has 1 aromatic heterocycles. The van der Waals surface area contributed by atoms with Crippen LogP contribution in [-0.4, -0.2) is 8.42 Å². The van der Waals surface area contributed by atoms with E-state index in [9.17, 15) is 8.42 Å². The molecule has 1 atom stereocenters. The van der Waals surface area contributed by atoms with E-state index in [-0.39, 0.29) is 6.04 Å². The van der Waals surface area contributed by atoms with Crippen molar-refractivity contribution in [3.05, 3.63) is 52.4 Å². The predicted molar refractivity (Wildman–Crippen MR) is 90.8 cm³/mol. The molecule has 1 N–H and O–H groups in total. The largest absolute Gasteiger partial charge is 0.250 e. The second-order valence-corrected chi connectivity index (χ2v) is 8.64. The van der Waals surface area contributed by atoms with Crippen LogP contribution in [-0.2, 0) is 22.9 Å². The van der Waals surface area contributed by atoms with Gasteiger partial charge in [-0.25, -0.2) is 13.1 Å². The van der Waals surface area contributed by atoms with Gasteiger partial charge in [0, 0.05) is 6.04 Å². The normalized spacial score (nSPS) is 16.2. The fourth-order valence-electron chi connectivity index (χ4n) is 3.02. The van der Waals surface area contributed by atoms with Crippen molar-refractivity contribution < 1.29 is 8.42 Å². The Morgan fingerprint density at radius 2 is 1.95 bits per heavy atom. The third-order valence-electron chi connectivity index (χ3n) is 4.24. The predicted octanol–water partition coefficient (Wildman–Crippen LogP) is 4.06. The van der Waals surface area contributed by atoms with Crippen molar-refractivity contribution in [3.8, 4) is 0 Å². The van der Waals surface area contributed by atoms with Gasteiger partial charge in [-0.05, 0) is 60.2 Å². The maximum atomic E-state index is 12.4. The first-order chi connectivity index (χ1) is 10.6. The van der Waals surface area contributed by atoms with Crippen molar-refractivity contribution in [3.63, 3.8) is 0 Å². The highest BCUT2D eigenvalue weighted by Gasteiger charge is 2.22. The lowest BCUT2D eigenvalue weighted by molar-refractivity contribution is 0.551. The molecule has 2 aromatic rings. The molecule has 1 aliphatic carbocycles. The van der Waals surface area contributed by atoms with Crippen LogP contribution >= 0.6 is 11.3 Å². The topological polar surface area (TPSA) is 46.2 Å². The van der Waals surface area contributed by atoms with Gasteiger partial charge in [-0.3, -0.25) is 0 Å². The highest BCUT2D eigenvalue weighted by molar-refractivity contribution is 7.91. The van der Waals surface area contributed by atoms with Gasteiger partial charge < -0.3 is 0 Å². The molecular formula is C17H21NO2S2. The van der Waals surface area contributed by atoms with Gasteiger partial charge in [0.15, 0.2) is 0 Å². The van der Waals surface area contributed by atoms with Crippen molar-refractivity contribution in [2.45, 2.75) is 49.3 Å². The number of thiophene rings is 1. The summed E-state index contributed by atoms with van der Waals surface area (Å²) in [4.78, 5) is 0. The van der Waals surface area contributed by atoms with Gasteiger partial charge in [0.25, 0.3) is 10.0 Å². The van der Waals surface area contributed by atoms with Gasteiger partial charge in [0.05, 0.1) is 0 Å². The SMILES string of the molecule is CCC(NS(=O)(=O)c1cccs1)c1ccc2c(c1)CCCC2. The van der Waals surface area contributed by atoms with Gasteiger partial charge in [0.2, 0.25) is 0 Å². The van der Waals surface area contributed by atoms with Gasteiger partial charge in [-0.2, -0.15) is 0 Å². The Morgan fingerprint density at radius 3 is 2.64 bits per heavy atom. The lowest BCUT2D eigenvalue weighted by Crippen LogP contribution is -2.28. The van der Waals surface area contributed by atoms with Gasteiger partial charge in [-0.15, -0.1) is 11.3 Å². The van der Waals surface area contributed by atoms with E-state index in [1.165, 1.54) is 35.3 Å². The molecule has 118 valence electrons. The second-order valence-electron chi connectivity index (χ2n) is 5.75. The molecule has 0 spiro atoms. The van der Waals surface area contributed by atoms with Crippen molar-refractivity contribution in [1.29, 1.82) is 0 Å². The Kier molecular flexibility index (Phi) is 4.66. The average Bonchev–Trinajstić information content (AvgIpc) is 3.07. The molecule has 1 aromatic carbocycles. The number of nitrogens with one attached hydrogen (secondary N) is 1. The second kappa shape index (κ2) is 6.52. The number of fused-ring (bicyclic) bond motifs is 1. The van der Waals surface area contributed by atoms with Crippen LogP contribution in [0.5, 0.6) is 0 Å². The monoisotopic (exact) mass is 335 g/mol. The molecule has 0 fully saturated rings. The van der Waals surface area contributed by atoms with E-state index >= 15 is 0 Å². The number of aryl methyl sites for hydroxylation is 2. The Hall–Kier alpha value is -1.17. The zero-order valence-electron chi connectivity index (χ0n) is 12.7. The van der Waals surface area contributed by atoms with Crippen LogP contribution in [0.2, 0.25) is 0 Å². The number of hydrogen-bond donors (Lipinski definition) is 1. The number of rotatable bonds is 5. The molecule has 1 heterocycles. The summed E-state index contributed by atoms with van der Waals surface area (Å²) in [6, 6.07) is 9.69. The molecule has 22 heavy (non-hydrogen) atoms. The van der Waals surface area contributed by atoms with E-state index in [0.29, 0.717) is 4.21 Å². The van der Waals surface area contributed by atoms with Crippen LogP contribution < -0.4 is 4.72 Å². The van der Waals surface area contributed by atoms with Crippen LogP contribution in [0, 0.1) is 0 Å². The molecule has 3 nitrogen and oxygen atoms in total. The first-order valence-corrected chi connectivity index (χ1v) is 10.1. The molecule has 0 amide bonds. The van der Waals surface area contributed by atoms with Crippen molar-refractivity contribution in [2.24, 2.45) is 0 Å². The molecule has 0 bridgehead atoms. The standard InChI is InChI=1S/C17H21NO2S2/c1-2-16(18-22(19,20)17-8-5-11-21-17)15-10-9-13-6-3-4-7-14(13)12-15/h5,8-12,16,18H,2-4,6-7H2,1H3. The van der Waals surface area contributed by atoms with Crippen LogP contribution in [0.25, 0.3) is 0 Å². The zero-order chi connectivity index (χ0) is 15.6. The van der Waals surface area contributed by atoms with Gasteiger partial charge >= 0.3 is 0 Å². The Morgan fingerprint density at radius 1 is 1.18 bits per heavy atom. The maximum absolute atomic E-state index is 12.4. The fraction of sp³-hybridized carbons (Fsp3) is 0.412. The fourth-order valence-corrected chi connectivity index (χ4v) is 5.34. The third-order valence-corrected chi connectivity index (χ3v) is 7.11. The Balaban J connectivity index is 1.85. The van der Waals surface area contributed by atoms with Gasteiger partial charge in [-0.1, -0.05) is 31.2 Å². The van der Waals surface area contributed by atoms with Crippen LogP contribution in [0.4, 0.5) is 0 Å². The minimum atomic E-state index is -3.43. The molecule has 5 heteroatoms. The first-order valence-electron chi connectivity index (χ1n) is 7.77. The molecule has 0 aliphatic heterocycles. The summed E-state index contributed by atoms with van der Waals surface area (Å²) in [7, 11) is -3.43. The van der Waals surface area contributed by atoms with E-state index in [1.54, 1.807) is 17.5 Å². The van der Waals surface area contributed by atoms with Crippen molar-refractivity contribution >= 4 is 21.4 Å². The summed E-state index contributed by atoms with van der Waals surface area (Å²) in [5, 5.41) is 1.79. The van der Waals surface area contributed by atoms with E-state index in [2.05, 4.69) is 22.9 Å². The van der Waals surface area contributed by atoms with E-state index in [1.807, 2.05) is 6.92 Å². The molecule has 1 unspecified atom stereocenters. The van der Waals surface area contributed by atoms with E-state index < -0.39 is 10.0 Å². The summed E-state index contributed by atoms with van der Waals surface area (Å²) in [6.45, 7) is 2.01. The maximum Gasteiger partial charge on any atom is 0.250 e. The summed E-state index contributed by atoms with van der Waals surface area (Å²) in [5.41, 5.74) is 3.88. The van der Waals surface area contributed by atoms with E-state index in [0.717, 1.165) is 24.8 Å². The number of sulfonamides is 1. The highest BCUT2D eigenvalue weighted by atomic mass is 32.2. The smallest absolute Gasteiger partial charge is 0.206 e. The van der Waals surface area contributed by atoms with Crippen LogP contribution in [0.15, 0.2) is 39.9 Å². The third kappa shape index (κ3) is 3.26. The summed E-state index contributed by atoms with van der Waals surface area (Å²) in [5.74, 6) is 0. The molecular weight excluding hydrogens is 314 g/mol. The molecule has 0 saturated heterocycles. The minimum absolute atomic E-state index is 0.167. The van der Waals surface area contributed by atoms with Crippen molar-refractivity contribution in [1.82, 2.24) is 4.72 Å². The Bertz CT molecular complexity index is 736. The lowest BCUT2D eigenvalue weighted by atomic mass is 9.89. The molecule has 1 aliphatic rings. The van der Waals surface area contributed by atoms with Crippen LogP contribution in [0.3, 0.4) is 0 Å². The summed E-state index contributed by atoms with van der Waals surface area (Å²) >= 11 is 1.25. The Labute approximate surface area is 136 Å². The zero-order valence-corrected chi connectivity index (χ0v) is 14.3.